The second-order valence-corrected chi connectivity index (χ2v) is 16.0. The molecule has 0 fully saturated rings. The number of hydrogen-bond acceptors (Lipinski definition) is 3. The molecule has 1 N–H and O–H groups in total. The van der Waals surface area contributed by atoms with Crippen molar-refractivity contribution in [2.45, 2.75) is 90.2 Å². The van der Waals surface area contributed by atoms with Gasteiger partial charge in [-0.05, 0) is 46.7 Å². The maximum atomic E-state index is 12.8. The predicted molar refractivity (Wildman–Crippen MR) is 163 cm³/mol. The number of ketones is 1. The minimum absolute atomic E-state index is 0.107. The lowest BCUT2D eigenvalue weighted by atomic mass is 9.89. The van der Waals surface area contributed by atoms with Crippen molar-refractivity contribution in [1.82, 2.24) is 0 Å². The van der Waals surface area contributed by atoms with Crippen LogP contribution < -0.4 is 10.4 Å². The Hall–Kier alpha value is -2.76. The predicted octanol–water partition coefficient (Wildman–Crippen LogP) is 7.08. The molecule has 1 aliphatic carbocycles. The standard InChI is InChI=1S/C34H46O4Si/c1-5-6-9-17-28(24-25-31-27(23-26-32(31)35)16-14-15-22-33(36)37)38-39(34(2,3)4,29-18-10-7-11-19-29)30-20-12-8-13-21-30/h7-8,10-13,18-21,23-28,31H,5-6,9,14-17,22H2,1-4H3,(H,36,37)/b25-24+/t27-,28-,31+/m0/s1. The van der Waals surface area contributed by atoms with Crippen molar-refractivity contribution >= 4 is 30.4 Å². The average molecular weight is 547 g/mol. The fourth-order valence-electron chi connectivity index (χ4n) is 5.78. The summed E-state index contributed by atoms with van der Waals surface area (Å²) in [7, 11) is -2.73. The molecular formula is C34H46O4Si. The Balaban J connectivity index is 1.94. The quantitative estimate of drug-likeness (QED) is 0.147. The Kier molecular flexibility index (Phi) is 11.5. The van der Waals surface area contributed by atoms with Gasteiger partial charge in [0.2, 0.25) is 0 Å². The number of aliphatic carboxylic acids is 1. The Morgan fingerprint density at radius 2 is 1.59 bits per heavy atom. The number of carboxylic acid groups (broad SMARTS) is 1. The van der Waals surface area contributed by atoms with Gasteiger partial charge >= 0.3 is 5.97 Å². The largest absolute Gasteiger partial charge is 0.481 e. The van der Waals surface area contributed by atoms with Crippen LogP contribution >= 0.6 is 0 Å². The Labute approximate surface area is 236 Å². The molecule has 0 spiro atoms. The zero-order valence-corrected chi connectivity index (χ0v) is 25.1. The van der Waals surface area contributed by atoms with E-state index in [2.05, 4.69) is 101 Å². The van der Waals surface area contributed by atoms with Gasteiger partial charge in [0.15, 0.2) is 5.78 Å². The smallest absolute Gasteiger partial charge is 0.303 e. The number of hydrogen-bond donors (Lipinski definition) is 1. The van der Waals surface area contributed by atoms with Crippen LogP contribution in [0.5, 0.6) is 0 Å². The van der Waals surface area contributed by atoms with Crippen LogP contribution in [0.25, 0.3) is 0 Å². The summed E-state index contributed by atoms with van der Waals surface area (Å²) in [5.74, 6) is -0.718. The first-order valence-corrected chi connectivity index (χ1v) is 16.5. The van der Waals surface area contributed by atoms with Crippen molar-refractivity contribution in [2.24, 2.45) is 11.8 Å². The number of carbonyl (C=O) groups excluding carboxylic acids is 1. The van der Waals surface area contributed by atoms with Crippen LogP contribution in [0.1, 0.15) is 79.1 Å². The van der Waals surface area contributed by atoms with Crippen molar-refractivity contribution in [3.63, 3.8) is 0 Å². The molecule has 1 aliphatic rings. The molecule has 0 unspecified atom stereocenters. The Morgan fingerprint density at radius 3 is 2.13 bits per heavy atom. The lowest BCUT2D eigenvalue weighted by Gasteiger charge is -2.45. The maximum Gasteiger partial charge on any atom is 0.303 e. The lowest BCUT2D eigenvalue weighted by molar-refractivity contribution is -0.137. The van der Waals surface area contributed by atoms with E-state index in [1.54, 1.807) is 6.08 Å². The summed E-state index contributed by atoms with van der Waals surface area (Å²) in [6, 6.07) is 21.4. The third kappa shape index (κ3) is 8.12. The molecule has 3 atom stereocenters. The summed E-state index contributed by atoms with van der Waals surface area (Å²) in [5.41, 5.74) is 0. The number of carbonyl (C=O) groups is 2. The number of unbranched alkanes of at least 4 members (excludes halogenated alkanes) is 3. The van der Waals surface area contributed by atoms with Crippen LogP contribution in [0.3, 0.4) is 0 Å². The molecule has 3 rings (SSSR count). The number of allylic oxidation sites excluding steroid dienone is 3. The van der Waals surface area contributed by atoms with Gasteiger partial charge < -0.3 is 9.53 Å². The van der Waals surface area contributed by atoms with Crippen molar-refractivity contribution in [2.75, 3.05) is 0 Å². The van der Waals surface area contributed by atoms with E-state index < -0.39 is 14.3 Å². The van der Waals surface area contributed by atoms with E-state index in [4.69, 9.17) is 9.53 Å². The number of rotatable bonds is 15. The average Bonchev–Trinajstić information content (AvgIpc) is 3.27. The summed E-state index contributed by atoms with van der Waals surface area (Å²) in [6.07, 6.45) is 14.5. The van der Waals surface area contributed by atoms with Gasteiger partial charge in [-0.3, -0.25) is 9.59 Å². The van der Waals surface area contributed by atoms with Gasteiger partial charge in [0.1, 0.15) is 0 Å². The van der Waals surface area contributed by atoms with E-state index in [0.717, 1.165) is 38.5 Å². The fourth-order valence-corrected chi connectivity index (χ4v) is 10.4. The molecule has 0 saturated heterocycles. The third-order valence-corrected chi connectivity index (χ3v) is 12.9. The zero-order valence-electron chi connectivity index (χ0n) is 24.1. The monoisotopic (exact) mass is 546 g/mol. The fraction of sp³-hybridized carbons (Fsp3) is 0.471. The van der Waals surface area contributed by atoms with E-state index in [1.165, 1.54) is 10.4 Å². The lowest BCUT2D eigenvalue weighted by Crippen LogP contribution is -2.67. The highest BCUT2D eigenvalue weighted by atomic mass is 28.4. The van der Waals surface area contributed by atoms with Gasteiger partial charge in [0.05, 0.1) is 6.10 Å². The first-order valence-electron chi connectivity index (χ1n) is 14.6. The molecule has 0 heterocycles. The van der Waals surface area contributed by atoms with Crippen LogP contribution in [-0.4, -0.2) is 31.3 Å². The summed E-state index contributed by atoms with van der Waals surface area (Å²) < 4.78 is 7.43. The van der Waals surface area contributed by atoms with Crippen LogP contribution in [-0.2, 0) is 14.0 Å². The summed E-state index contributed by atoms with van der Waals surface area (Å²) >= 11 is 0. The summed E-state index contributed by atoms with van der Waals surface area (Å²) in [6.45, 7) is 9.10. The highest BCUT2D eigenvalue weighted by Gasteiger charge is 2.51. The van der Waals surface area contributed by atoms with Crippen molar-refractivity contribution in [3.8, 4) is 0 Å². The molecule has 0 radical (unpaired) electrons. The molecule has 2 aromatic carbocycles. The second-order valence-electron chi connectivity index (χ2n) is 11.8. The molecule has 0 saturated carbocycles. The van der Waals surface area contributed by atoms with Gasteiger partial charge in [0, 0.05) is 12.3 Å². The van der Waals surface area contributed by atoms with Crippen molar-refractivity contribution in [1.29, 1.82) is 0 Å². The van der Waals surface area contributed by atoms with Gasteiger partial charge in [-0.1, -0.05) is 132 Å². The second kappa shape index (κ2) is 14.6. The van der Waals surface area contributed by atoms with E-state index in [9.17, 15) is 9.59 Å². The first kappa shape index (κ1) is 30.8. The van der Waals surface area contributed by atoms with Gasteiger partial charge in [-0.25, -0.2) is 0 Å². The van der Waals surface area contributed by atoms with Crippen molar-refractivity contribution < 1.29 is 19.1 Å². The topological polar surface area (TPSA) is 63.6 Å². The minimum atomic E-state index is -2.73. The van der Waals surface area contributed by atoms with Crippen LogP contribution in [0.4, 0.5) is 0 Å². The highest BCUT2D eigenvalue weighted by molar-refractivity contribution is 6.99. The van der Waals surface area contributed by atoms with Gasteiger partial charge in [0.25, 0.3) is 8.32 Å². The molecule has 4 nitrogen and oxygen atoms in total. The molecule has 5 heteroatoms. The van der Waals surface area contributed by atoms with Gasteiger partial charge in [-0.15, -0.1) is 0 Å². The molecule has 0 bridgehead atoms. The normalized spacial score (nSPS) is 18.6. The Bertz CT molecular complexity index is 1060. The Morgan fingerprint density at radius 1 is 0.974 bits per heavy atom. The van der Waals surface area contributed by atoms with E-state index >= 15 is 0 Å². The van der Waals surface area contributed by atoms with Crippen LogP contribution in [0.2, 0.25) is 5.04 Å². The molecule has 0 aliphatic heterocycles. The van der Waals surface area contributed by atoms with E-state index in [-0.39, 0.29) is 35.2 Å². The number of carboxylic acids is 1. The number of benzene rings is 2. The minimum Gasteiger partial charge on any atom is -0.481 e. The van der Waals surface area contributed by atoms with Crippen LogP contribution in [0.15, 0.2) is 85.0 Å². The zero-order chi connectivity index (χ0) is 28.3. The van der Waals surface area contributed by atoms with E-state index in [0.29, 0.717) is 6.42 Å². The van der Waals surface area contributed by atoms with Gasteiger partial charge in [-0.2, -0.15) is 0 Å². The molecule has 0 amide bonds. The molecule has 0 aromatic heterocycles. The van der Waals surface area contributed by atoms with Crippen LogP contribution in [0, 0.1) is 11.8 Å². The molecule has 2 aromatic rings. The molecular weight excluding hydrogens is 500 g/mol. The van der Waals surface area contributed by atoms with E-state index in [1.807, 2.05) is 6.08 Å². The SMILES string of the molecule is CCCCC[C@@H](/C=C/[C@H]1C(=O)C=C[C@@H]1CCCCC(=O)O)O[Si](c1ccccc1)(c1ccccc1)C(C)(C)C. The summed E-state index contributed by atoms with van der Waals surface area (Å²) in [4.78, 5) is 23.7. The van der Waals surface area contributed by atoms with Crippen molar-refractivity contribution in [3.05, 3.63) is 85.0 Å². The third-order valence-electron chi connectivity index (χ3n) is 7.85. The molecule has 39 heavy (non-hydrogen) atoms. The highest BCUT2D eigenvalue weighted by Crippen LogP contribution is 2.38. The summed E-state index contributed by atoms with van der Waals surface area (Å²) in [5, 5.41) is 11.4. The first-order chi connectivity index (χ1) is 18.7. The molecule has 210 valence electrons. The maximum absolute atomic E-state index is 12.8.